The Kier molecular flexibility index (Phi) is 4.61. The van der Waals surface area contributed by atoms with Crippen molar-refractivity contribution in [1.29, 1.82) is 0 Å². The first kappa shape index (κ1) is 16.2. The molecule has 9 heteroatoms. The quantitative estimate of drug-likeness (QED) is 0.868. The number of nitrogens with zero attached hydrogens (tertiary/aromatic N) is 3. The molecule has 1 aliphatic rings. The minimum atomic E-state index is -0.472. The van der Waals surface area contributed by atoms with Crippen LogP contribution in [0.15, 0.2) is 29.1 Å². The van der Waals surface area contributed by atoms with Gasteiger partial charge in [0.25, 0.3) is 17.4 Å². The molecule has 1 aliphatic heterocycles. The van der Waals surface area contributed by atoms with Crippen LogP contribution in [0.4, 0.5) is 0 Å². The van der Waals surface area contributed by atoms with E-state index in [4.69, 9.17) is 4.74 Å². The Morgan fingerprint density at radius 3 is 2.42 bits per heavy atom. The number of carbonyl (C=O) groups is 2. The zero-order valence-corrected chi connectivity index (χ0v) is 13.8. The molecule has 0 bridgehead atoms. The number of piperazine rings is 1. The number of carbonyl (C=O) groups excluding carboxylic acids is 2. The van der Waals surface area contributed by atoms with Crippen LogP contribution in [0.3, 0.4) is 0 Å². The lowest BCUT2D eigenvalue weighted by Gasteiger charge is -2.34. The predicted octanol–water partition coefficient (Wildman–Crippen LogP) is 0.438. The summed E-state index contributed by atoms with van der Waals surface area (Å²) >= 11 is 0.853. The fraction of sp³-hybridized carbons (Fsp3) is 0.333. The first-order chi connectivity index (χ1) is 11.6. The van der Waals surface area contributed by atoms with Gasteiger partial charge in [-0.1, -0.05) is 6.07 Å². The Balaban J connectivity index is 1.64. The van der Waals surface area contributed by atoms with E-state index in [1.807, 2.05) is 0 Å². The summed E-state index contributed by atoms with van der Waals surface area (Å²) in [5.74, 6) is 0.121. The molecule has 0 aliphatic carbocycles. The highest BCUT2D eigenvalue weighted by atomic mass is 32.1. The molecule has 2 amide bonds. The maximum Gasteiger partial charge on any atom is 0.291 e. The lowest BCUT2D eigenvalue weighted by Crippen LogP contribution is -2.51. The third-order valence-corrected chi connectivity index (χ3v) is 4.41. The number of nitrogens with one attached hydrogen (secondary N) is 1. The SMILES string of the molecule is COc1cccc(C(=O)N2CCN(C(=O)c3ns[nH]c3=O)CC2)c1. The molecular weight excluding hydrogens is 332 g/mol. The Morgan fingerprint density at radius 2 is 1.83 bits per heavy atom. The van der Waals surface area contributed by atoms with Crippen LogP contribution >= 0.6 is 11.7 Å². The van der Waals surface area contributed by atoms with Gasteiger partial charge < -0.3 is 14.5 Å². The molecule has 8 nitrogen and oxygen atoms in total. The molecule has 0 spiro atoms. The largest absolute Gasteiger partial charge is 0.497 e. The zero-order chi connectivity index (χ0) is 17.1. The number of H-pyrrole nitrogens is 1. The van der Waals surface area contributed by atoms with Crippen LogP contribution in [-0.4, -0.2) is 63.7 Å². The Bertz CT molecular complexity index is 808. The van der Waals surface area contributed by atoms with Crippen molar-refractivity contribution in [3.63, 3.8) is 0 Å². The summed E-state index contributed by atoms with van der Waals surface area (Å²) < 4.78 is 11.3. The summed E-state index contributed by atoms with van der Waals surface area (Å²) in [6.45, 7) is 1.55. The van der Waals surface area contributed by atoms with Crippen LogP contribution < -0.4 is 10.3 Å². The monoisotopic (exact) mass is 348 g/mol. The number of ether oxygens (including phenoxy) is 1. The lowest BCUT2D eigenvalue weighted by atomic mass is 10.1. The van der Waals surface area contributed by atoms with Gasteiger partial charge in [0, 0.05) is 43.5 Å². The molecule has 1 N–H and O–H groups in total. The third-order valence-electron chi connectivity index (χ3n) is 3.86. The second-order valence-electron chi connectivity index (χ2n) is 5.28. The molecule has 1 fully saturated rings. The number of amides is 2. The van der Waals surface area contributed by atoms with Crippen molar-refractivity contribution < 1.29 is 14.3 Å². The number of benzene rings is 1. The van der Waals surface area contributed by atoms with Crippen molar-refractivity contribution in [3.05, 3.63) is 45.9 Å². The standard InChI is InChI=1S/C15H16N4O4S/c1-23-11-4-2-3-10(9-11)14(21)18-5-7-19(8-6-18)15(22)12-13(20)17-24-16-12/h2-4,9H,5-8H2,1H3,(H,17,20). The van der Waals surface area contributed by atoms with E-state index in [0.29, 0.717) is 37.5 Å². The van der Waals surface area contributed by atoms with Gasteiger partial charge in [-0.05, 0) is 18.2 Å². The molecule has 0 saturated carbocycles. The van der Waals surface area contributed by atoms with Crippen molar-refractivity contribution in [2.45, 2.75) is 0 Å². The van der Waals surface area contributed by atoms with Gasteiger partial charge in [-0.15, -0.1) is 0 Å². The van der Waals surface area contributed by atoms with Gasteiger partial charge >= 0.3 is 0 Å². The maximum atomic E-state index is 12.5. The molecular formula is C15H16N4O4S. The molecule has 1 saturated heterocycles. The molecule has 24 heavy (non-hydrogen) atoms. The van der Waals surface area contributed by atoms with E-state index in [1.54, 1.807) is 41.2 Å². The highest BCUT2D eigenvalue weighted by Gasteiger charge is 2.27. The van der Waals surface area contributed by atoms with E-state index in [-0.39, 0.29) is 11.6 Å². The zero-order valence-electron chi connectivity index (χ0n) is 13.0. The number of aromatic amines is 1. The first-order valence-electron chi connectivity index (χ1n) is 7.37. The lowest BCUT2D eigenvalue weighted by molar-refractivity contribution is 0.0532. The van der Waals surface area contributed by atoms with Crippen LogP contribution in [0.25, 0.3) is 0 Å². The fourth-order valence-electron chi connectivity index (χ4n) is 2.54. The summed E-state index contributed by atoms with van der Waals surface area (Å²) in [5.41, 5.74) is -0.0162. The molecule has 2 heterocycles. The van der Waals surface area contributed by atoms with E-state index in [2.05, 4.69) is 8.75 Å². The molecule has 1 aromatic heterocycles. The van der Waals surface area contributed by atoms with E-state index in [1.165, 1.54) is 0 Å². The van der Waals surface area contributed by atoms with Crippen molar-refractivity contribution in [2.75, 3.05) is 33.3 Å². The Hall–Kier alpha value is -2.68. The van der Waals surface area contributed by atoms with Crippen molar-refractivity contribution in [2.24, 2.45) is 0 Å². The van der Waals surface area contributed by atoms with Gasteiger partial charge in [0.1, 0.15) is 5.75 Å². The maximum absolute atomic E-state index is 12.5. The predicted molar refractivity (Wildman–Crippen MR) is 87.5 cm³/mol. The molecule has 1 aromatic carbocycles. The topological polar surface area (TPSA) is 95.6 Å². The van der Waals surface area contributed by atoms with E-state index in [0.717, 1.165) is 11.7 Å². The number of hydrogen-bond acceptors (Lipinski definition) is 6. The highest BCUT2D eigenvalue weighted by molar-refractivity contribution is 6.99. The second-order valence-corrected chi connectivity index (χ2v) is 5.85. The van der Waals surface area contributed by atoms with Crippen molar-refractivity contribution in [3.8, 4) is 5.75 Å². The van der Waals surface area contributed by atoms with Gasteiger partial charge in [-0.2, -0.15) is 4.37 Å². The second kappa shape index (κ2) is 6.83. The minimum absolute atomic E-state index is 0.0902. The molecule has 0 atom stereocenters. The van der Waals surface area contributed by atoms with E-state index in [9.17, 15) is 14.4 Å². The summed E-state index contributed by atoms with van der Waals surface area (Å²) in [6, 6.07) is 6.96. The molecule has 3 rings (SSSR count). The summed E-state index contributed by atoms with van der Waals surface area (Å²) in [7, 11) is 1.55. The molecule has 0 radical (unpaired) electrons. The fourth-order valence-corrected chi connectivity index (χ4v) is 3.01. The number of aromatic nitrogens is 2. The smallest absolute Gasteiger partial charge is 0.291 e. The summed E-state index contributed by atoms with van der Waals surface area (Å²) in [5, 5.41) is 0. The van der Waals surface area contributed by atoms with Crippen LogP contribution in [-0.2, 0) is 0 Å². The number of rotatable bonds is 3. The Morgan fingerprint density at radius 1 is 1.17 bits per heavy atom. The van der Waals surface area contributed by atoms with Crippen LogP contribution in [0, 0.1) is 0 Å². The molecule has 0 unspecified atom stereocenters. The number of methoxy groups -OCH3 is 1. The van der Waals surface area contributed by atoms with Gasteiger partial charge in [0.15, 0.2) is 0 Å². The van der Waals surface area contributed by atoms with Crippen LogP contribution in [0.5, 0.6) is 5.75 Å². The van der Waals surface area contributed by atoms with Gasteiger partial charge in [0.05, 0.1) is 7.11 Å². The normalized spacial score (nSPS) is 14.5. The van der Waals surface area contributed by atoms with Crippen LogP contribution in [0.1, 0.15) is 20.8 Å². The van der Waals surface area contributed by atoms with Crippen LogP contribution in [0.2, 0.25) is 0 Å². The average Bonchev–Trinajstić information content (AvgIpc) is 3.06. The van der Waals surface area contributed by atoms with Gasteiger partial charge in [-0.25, -0.2) is 0 Å². The first-order valence-corrected chi connectivity index (χ1v) is 8.14. The summed E-state index contributed by atoms with van der Waals surface area (Å²) in [6.07, 6.45) is 0. The van der Waals surface area contributed by atoms with E-state index >= 15 is 0 Å². The van der Waals surface area contributed by atoms with Crippen molar-refractivity contribution in [1.82, 2.24) is 18.5 Å². The number of hydrogen-bond donors (Lipinski definition) is 1. The van der Waals surface area contributed by atoms with Gasteiger partial charge in [0.2, 0.25) is 5.69 Å². The van der Waals surface area contributed by atoms with Crippen molar-refractivity contribution >= 4 is 23.5 Å². The summed E-state index contributed by atoms with van der Waals surface area (Å²) in [4.78, 5) is 39.5. The highest BCUT2D eigenvalue weighted by Crippen LogP contribution is 2.16. The van der Waals surface area contributed by atoms with Gasteiger partial charge in [-0.3, -0.25) is 18.8 Å². The third kappa shape index (κ3) is 3.16. The average molecular weight is 348 g/mol. The Labute approximate surface area is 142 Å². The molecule has 2 aromatic rings. The minimum Gasteiger partial charge on any atom is -0.497 e. The van der Waals surface area contributed by atoms with E-state index < -0.39 is 11.5 Å². The molecule has 126 valence electrons.